The summed E-state index contributed by atoms with van der Waals surface area (Å²) in [4.78, 5) is 25.1. The molecular weight excluding hydrogens is 320 g/mol. The van der Waals surface area contributed by atoms with Crippen molar-refractivity contribution in [2.24, 2.45) is 0 Å². The van der Waals surface area contributed by atoms with Crippen LogP contribution in [0.25, 0.3) is 0 Å². The summed E-state index contributed by atoms with van der Waals surface area (Å²) in [5.41, 5.74) is 0.324. The first-order chi connectivity index (χ1) is 11.8. The maximum atomic E-state index is 12.5. The van der Waals surface area contributed by atoms with Gasteiger partial charge >= 0.3 is 6.09 Å². The third kappa shape index (κ3) is 5.85. The van der Waals surface area contributed by atoms with Gasteiger partial charge in [-0.1, -0.05) is 0 Å². The molecule has 1 aliphatic rings. The summed E-state index contributed by atoms with van der Waals surface area (Å²) in [5, 5.41) is 0. The number of hydrogen-bond donors (Lipinski definition) is 0. The van der Waals surface area contributed by atoms with Crippen molar-refractivity contribution in [3.8, 4) is 5.88 Å². The number of rotatable bonds is 5. The van der Waals surface area contributed by atoms with E-state index in [4.69, 9.17) is 9.47 Å². The minimum Gasteiger partial charge on any atom is -0.480 e. The molecule has 1 saturated heterocycles. The SMILES string of the molecule is COc1nccnc1CN(C)C[C@@H]1CCCCN1C(=O)OC(C)(C)C. The van der Waals surface area contributed by atoms with Crippen molar-refractivity contribution in [3.05, 3.63) is 18.1 Å². The molecule has 0 aromatic carbocycles. The summed E-state index contributed by atoms with van der Waals surface area (Å²) in [6.45, 7) is 7.83. The fourth-order valence-electron chi connectivity index (χ4n) is 3.06. The molecule has 2 rings (SSSR count). The van der Waals surface area contributed by atoms with Gasteiger partial charge in [-0.15, -0.1) is 0 Å². The second-order valence-electron chi connectivity index (χ2n) is 7.53. The van der Waals surface area contributed by atoms with Crippen LogP contribution in [-0.4, -0.2) is 64.8 Å². The number of carbonyl (C=O) groups excluding carboxylic acids is 1. The molecule has 1 amide bonds. The lowest BCUT2D eigenvalue weighted by atomic mass is 10.0. The van der Waals surface area contributed by atoms with Crippen LogP contribution in [0.2, 0.25) is 0 Å². The number of hydrogen-bond acceptors (Lipinski definition) is 6. The number of carbonyl (C=O) groups is 1. The van der Waals surface area contributed by atoms with Crippen LogP contribution in [0, 0.1) is 0 Å². The van der Waals surface area contributed by atoms with Crippen molar-refractivity contribution in [1.29, 1.82) is 0 Å². The average Bonchev–Trinajstić information content (AvgIpc) is 2.54. The van der Waals surface area contributed by atoms with Crippen LogP contribution >= 0.6 is 0 Å². The van der Waals surface area contributed by atoms with E-state index in [9.17, 15) is 4.79 Å². The molecule has 2 heterocycles. The van der Waals surface area contributed by atoms with Crippen molar-refractivity contribution >= 4 is 6.09 Å². The number of likely N-dealkylation sites (tertiary alicyclic amines) is 1. The number of likely N-dealkylation sites (N-methyl/N-ethyl adjacent to an activating group) is 1. The molecule has 25 heavy (non-hydrogen) atoms. The maximum Gasteiger partial charge on any atom is 0.410 e. The number of methoxy groups -OCH3 is 1. The third-order valence-corrected chi connectivity index (χ3v) is 4.13. The molecule has 0 bridgehead atoms. The molecule has 140 valence electrons. The van der Waals surface area contributed by atoms with Crippen molar-refractivity contribution in [2.45, 2.75) is 58.2 Å². The van der Waals surface area contributed by atoms with Gasteiger partial charge in [-0.25, -0.2) is 9.78 Å². The van der Waals surface area contributed by atoms with Crippen LogP contribution in [0.1, 0.15) is 45.7 Å². The molecule has 1 aromatic heterocycles. The number of amides is 1. The lowest BCUT2D eigenvalue weighted by Crippen LogP contribution is -2.50. The second-order valence-corrected chi connectivity index (χ2v) is 7.53. The monoisotopic (exact) mass is 350 g/mol. The number of ether oxygens (including phenoxy) is 2. The number of aromatic nitrogens is 2. The molecule has 1 aliphatic heterocycles. The molecule has 0 unspecified atom stereocenters. The van der Waals surface area contributed by atoms with Gasteiger partial charge in [-0.2, -0.15) is 0 Å². The first-order valence-electron chi connectivity index (χ1n) is 8.82. The fraction of sp³-hybridized carbons (Fsp3) is 0.722. The Morgan fingerprint density at radius 2 is 2.04 bits per heavy atom. The minimum absolute atomic E-state index is 0.149. The predicted molar refractivity (Wildman–Crippen MR) is 95.5 cm³/mol. The molecule has 1 fully saturated rings. The quantitative estimate of drug-likeness (QED) is 0.813. The normalized spacial score (nSPS) is 18.3. The first kappa shape index (κ1) is 19.4. The third-order valence-electron chi connectivity index (χ3n) is 4.13. The van der Waals surface area contributed by atoms with E-state index in [1.165, 1.54) is 0 Å². The van der Waals surface area contributed by atoms with E-state index in [1.807, 2.05) is 32.7 Å². The Morgan fingerprint density at radius 3 is 2.72 bits per heavy atom. The molecule has 0 saturated carbocycles. The predicted octanol–water partition coefficient (Wildman–Crippen LogP) is 2.71. The first-order valence-corrected chi connectivity index (χ1v) is 8.82. The van der Waals surface area contributed by atoms with Crippen LogP contribution in [0.5, 0.6) is 5.88 Å². The largest absolute Gasteiger partial charge is 0.480 e. The van der Waals surface area contributed by atoms with E-state index in [-0.39, 0.29) is 12.1 Å². The Hall–Kier alpha value is -1.89. The highest BCUT2D eigenvalue weighted by atomic mass is 16.6. The fourth-order valence-corrected chi connectivity index (χ4v) is 3.06. The van der Waals surface area contributed by atoms with E-state index in [0.717, 1.165) is 38.0 Å². The smallest absolute Gasteiger partial charge is 0.410 e. The van der Waals surface area contributed by atoms with Crippen LogP contribution in [-0.2, 0) is 11.3 Å². The van der Waals surface area contributed by atoms with Gasteiger partial charge in [0.2, 0.25) is 5.88 Å². The molecule has 0 spiro atoms. The molecular formula is C18H30N4O3. The molecule has 1 atom stereocenters. The topological polar surface area (TPSA) is 67.8 Å². The zero-order chi connectivity index (χ0) is 18.4. The molecule has 1 aromatic rings. The molecule has 0 aliphatic carbocycles. The van der Waals surface area contributed by atoms with Crippen LogP contribution in [0.3, 0.4) is 0 Å². The Balaban J connectivity index is 1.99. The van der Waals surface area contributed by atoms with E-state index >= 15 is 0 Å². The van der Waals surface area contributed by atoms with Crippen LogP contribution in [0.4, 0.5) is 4.79 Å². The van der Waals surface area contributed by atoms with Gasteiger partial charge in [0.1, 0.15) is 11.3 Å². The molecule has 0 radical (unpaired) electrons. The molecule has 7 nitrogen and oxygen atoms in total. The Morgan fingerprint density at radius 1 is 1.32 bits per heavy atom. The van der Waals surface area contributed by atoms with Crippen LogP contribution in [0.15, 0.2) is 12.4 Å². The van der Waals surface area contributed by atoms with Gasteiger partial charge in [-0.3, -0.25) is 9.88 Å². The van der Waals surface area contributed by atoms with Gasteiger partial charge in [0.25, 0.3) is 0 Å². The zero-order valence-corrected chi connectivity index (χ0v) is 16.0. The van der Waals surface area contributed by atoms with E-state index in [2.05, 4.69) is 14.9 Å². The van der Waals surface area contributed by atoms with Gasteiger partial charge in [-0.05, 0) is 47.1 Å². The Labute approximate surface area is 150 Å². The van der Waals surface area contributed by atoms with E-state index in [0.29, 0.717) is 12.4 Å². The van der Waals surface area contributed by atoms with E-state index < -0.39 is 5.60 Å². The second kappa shape index (κ2) is 8.47. The van der Waals surface area contributed by atoms with Crippen molar-refractivity contribution in [3.63, 3.8) is 0 Å². The minimum atomic E-state index is -0.474. The highest BCUT2D eigenvalue weighted by Crippen LogP contribution is 2.22. The number of nitrogens with zero attached hydrogens (tertiary/aromatic N) is 4. The van der Waals surface area contributed by atoms with E-state index in [1.54, 1.807) is 19.5 Å². The van der Waals surface area contributed by atoms with Gasteiger partial charge in [0.05, 0.1) is 7.11 Å². The van der Waals surface area contributed by atoms with Crippen LogP contribution < -0.4 is 4.74 Å². The maximum absolute atomic E-state index is 12.5. The highest BCUT2D eigenvalue weighted by Gasteiger charge is 2.31. The van der Waals surface area contributed by atoms with Crippen molar-refractivity contribution in [2.75, 3.05) is 27.2 Å². The average molecular weight is 350 g/mol. The summed E-state index contributed by atoms with van der Waals surface area (Å²) < 4.78 is 10.8. The Bertz CT molecular complexity index is 574. The summed E-state index contributed by atoms with van der Waals surface area (Å²) in [5.74, 6) is 0.544. The lowest BCUT2D eigenvalue weighted by molar-refractivity contribution is 0.00579. The lowest BCUT2D eigenvalue weighted by Gasteiger charge is -2.38. The highest BCUT2D eigenvalue weighted by molar-refractivity contribution is 5.68. The standard InChI is InChI=1S/C18H30N4O3/c1-18(2,3)25-17(23)22-11-7-6-8-14(22)12-21(4)13-15-16(24-5)20-10-9-19-15/h9-10,14H,6-8,11-13H2,1-5H3/t14-/m0/s1. The van der Waals surface area contributed by atoms with Crippen molar-refractivity contribution in [1.82, 2.24) is 19.8 Å². The van der Waals surface area contributed by atoms with Crippen molar-refractivity contribution < 1.29 is 14.3 Å². The summed E-state index contributed by atoms with van der Waals surface area (Å²) in [6, 6.07) is 0.149. The van der Waals surface area contributed by atoms with Gasteiger partial charge < -0.3 is 14.4 Å². The molecule has 7 heteroatoms. The summed E-state index contributed by atoms with van der Waals surface area (Å²) in [6.07, 6.45) is 6.21. The zero-order valence-electron chi connectivity index (χ0n) is 16.0. The number of piperidine rings is 1. The summed E-state index contributed by atoms with van der Waals surface area (Å²) in [7, 11) is 3.62. The van der Waals surface area contributed by atoms with Gasteiger partial charge in [0, 0.05) is 38.1 Å². The molecule has 0 N–H and O–H groups in total. The van der Waals surface area contributed by atoms with Gasteiger partial charge in [0.15, 0.2) is 0 Å². The summed E-state index contributed by atoms with van der Waals surface area (Å²) >= 11 is 0. The Kier molecular flexibility index (Phi) is 6.58.